The highest BCUT2D eigenvalue weighted by atomic mass is 28.4. The Bertz CT molecular complexity index is 569. The SMILES string of the molecule is CCO[Si](CCc1ccc2c(c1)C(=O)OC2=O)(OCC)OCC. The van der Waals surface area contributed by atoms with Gasteiger partial charge in [-0.05, 0) is 44.9 Å². The molecule has 126 valence electrons. The van der Waals surface area contributed by atoms with Gasteiger partial charge in [-0.1, -0.05) is 6.07 Å². The quantitative estimate of drug-likeness (QED) is 0.391. The molecule has 23 heavy (non-hydrogen) atoms. The van der Waals surface area contributed by atoms with Gasteiger partial charge in [-0.25, -0.2) is 9.59 Å². The third kappa shape index (κ3) is 4.05. The Morgan fingerprint density at radius 2 is 1.48 bits per heavy atom. The summed E-state index contributed by atoms with van der Waals surface area (Å²) in [6.07, 6.45) is 0.640. The molecule has 0 fully saturated rings. The van der Waals surface area contributed by atoms with Crippen molar-refractivity contribution in [1.29, 1.82) is 0 Å². The normalized spacial score (nSPS) is 14.0. The molecule has 1 aromatic carbocycles. The zero-order chi connectivity index (χ0) is 16.9. The van der Waals surface area contributed by atoms with Crippen molar-refractivity contribution < 1.29 is 27.6 Å². The molecule has 0 aromatic heterocycles. The number of carbonyl (C=O) groups excluding carboxylic acids is 2. The molecule has 7 heteroatoms. The molecule has 2 rings (SSSR count). The van der Waals surface area contributed by atoms with Crippen LogP contribution < -0.4 is 0 Å². The van der Waals surface area contributed by atoms with E-state index < -0.39 is 20.7 Å². The van der Waals surface area contributed by atoms with E-state index in [1.807, 2.05) is 26.8 Å². The number of rotatable bonds is 9. The average Bonchev–Trinajstić information content (AvgIpc) is 2.81. The van der Waals surface area contributed by atoms with Gasteiger partial charge in [0.05, 0.1) is 11.1 Å². The second-order valence-electron chi connectivity index (χ2n) is 5.04. The lowest BCUT2D eigenvalue weighted by molar-refractivity contribution is 0.0443. The van der Waals surface area contributed by atoms with Gasteiger partial charge in [0.15, 0.2) is 0 Å². The summed E-state index contributed by atoms with van der Waals surface area (Å²) in [5.41, 5.74) is 1.57. The van der Waals surface area contributed by atoms with Gasteiger partial charge >= 0.3 is 20.7 Å². The summed E-state index contributed by atoms with van der Waals surface area (Å²) in [5, 5.41) is 0. The van der Waals surface area contributed by atoms with Crippen LogP contribution in [0, 0.1) is 0 Å². The Hall–Kier alpha value is -1.54. The summed E-state index contributed by atoms with van der Waals surface area (Å²) in [6, 6.07) is 5.76. The fourth-order valence-electron chi connectivity index (χ4n) is 2.59. The average molecular weight is 338 g/mol. The zero-order valence-corrected chi connectivity index (χ0v) is 14.7. The molecule has 1 aliphatic rings. The van der Waals surface area contributed by atoms with E-state index >= 15 is 0 Å². The first kappa shape index (κ1) is 17.8. The van der Waals surface area contributed by atoms with Crippen molar-refractivity contribution in [3.8, 4) is 0 Å². The van der Waals surface area contributed by atoms with Crippen LogP contribution in [-0.4, -0.2) is 40.6 Å². The molecule has 1 aromatic rings. The first-order valence-electron chi connectivity index (χ1n) is 7.86. The van der Waals surface area contributed by atoms with Crippen LogP contribution in [-0.2, 0) is 24.4 Å². The Morgan fingerprint density at radius 1 is 0.913 bits per heavy atom. The van der Waals surface area contributed by atoms with E-state index in [0.717, 1.165) is 5.56 Å². The van der Waals surface area contributed by atoms with E-state index in [1.165, 1.54) is 0 Å². The van der Waals surface area contributed by atoms with Crippen LogP contribution in [0.1, 0.15) is 47.1 Å². The number of hydrogen-bond donors (Lipinski definition) is 0. The summed E-state index contributed by atoms with van der Waals surface area (Å²) in [7, 11) is -2.72. The lowest BCUT2D eigenvalue weighted by Crippen LogP contribution is -2.46. The van der Waals surface area contributed by atoms with Crippen molar-refractivity contribution in [2.24, 2.45) is 0 Å². The summed E-state index contributed by atoms with van der Waals surface area (Å²) in [4.78, 5) is 23.1. The van der Waals surface area contributed by atoms with Crippen LogP contribution in [0.25, 0.3) is 0 Å². The van der Waals surface area contributed by atoms with Crippen LogP contribution in [0.4, 0.5) is 0 Å². The van der Waals surface area contributed by atoms with Crippen LogP contribution in [0.2, 0.25) is 6.04 Å². The van der Waals surface area contributed by atoms with Gasteiger partial charge < -0.3 is 18.0 Å². The van der Waals surface area contributed by atoms with Gasteiger partial charge in [-0.2, -0.15) is 0 Å². The summed E-state index contributed by atoms with van der Waals surface area (Å²) >= 11 is 0. The molecule has 1 aliphatic heterocycles. The van der Waals surface area contributed by atoms with Crippen molar-refractivity contribution in [2.45, 2.75) is 33.2 Å². The maximum absolute atomic E-state index is 11.6. The topological polar surface area (TPSA) is 71.1 Å². The number of benzene rings is 1. The smallest absolute Gasteiger partial charge is 0.386 e. The molecule has 0 bridgehead atoms. The molecular weight excluding hydrogens is 316 g/mol. The molecular formula is C16H22O6Si. The lowest BCUT2D eigenvalue weighted by atomic mass is 10.0. The van der Waals surface area contributed by atoms with Gasteiger partial charge in [-0.3, -0.25) is 0 Å². The fraction of sp³-hybridized carbons (Fsp3) is 0.500. The molecule has 0 saturated carbocycles. The monoisotopic (exact) mass is 338 g/mol. The standard InChI is InChI=1S/C16H22O6Si/c1-4-19-23(20-5-2,21-6-3)10-9-12-7-8-13-14(11-12)16(18)22-15(13)17/h7-8,11H,4-6,9-10H2,1-3H3. The second-order valence-corrected chi connectivity index (χ2v) is 7.77. The molecule has 0 N–H and O–H groups in total. The molecule has 0 spiro atoms. The highest BCUT2D eigenvalue weighted by Crippen LogP contribution is 2.24. The summed E-state index contributed by atoms with van der Waals surface area (Å²) in [5.74, 6) is -1.17. The Balaban J connectivity index is 2.13. The molecule has 0 atom stereocenters. The van der Waals surface area contributed by atoms with E-state index in [0.29, 0.717) is 43.4 Å². The second kappa shape index (κ2) is 7.83. The number of ether oxygens (including phenoxy) is 1. The van der Waals surface area contributed by atoms with Crippen LogP contribution in [0.5, 0.6) is 0 Å². The Kier molecular flexibility index (Phi) is 6.06. The predicted molar refractivity (Wildman–Crippen MR) is 85.3 cm³/mol. The molecule has 0 aliphatic carbocycles. The van der Waals surface area contributed by atoms with Gasteiger partial charge in [0.25, 0.3) is 0 Å². The lowest BCUT2D eigenvalue weighted by Gasteiger charge is -2.28. The van der Waals surface area contributed by atoms with E-state index in [1.54, 1.807) is 12.1 Å². The maximum Gasteiger partial charge on any atom is 0.501 e. The molecule has 0 unspecified atom stereocenters. The minimum atomic E-state index is -2.72. The van der Waals surface area contributed by atoms with Crippen molar-refractivity contribution >= 4 is 20.7 Å². The van der Waals surface area contributed by atoms with E-state index in [9.17, 15) is 9.59 Å². The van der Waals surface area contributed by atoms with Gasteiger partial charge in [0.1, 0.15) is 0 Å². The van der Waals surface area contributed by atoms with Crippen LogP contribution in [0.3, 0.4) is 0 Å². The molecule has 0 amide bonds. The first-order valence-corrected chi connectivity index (χ1v) is 9.79. The first-order chi connectivity index (χ1) is 11.0. The molecule has 0 saturated heterocycles. The summed E-state index contributed by atoms with van der Waals surface area (Å²) < 4.78 is 22.0. The fourth-order valence-corrected chi connectivity index (χ4v) is 5.18. The zero-order valence-electron chi connectivity index (χ0n) is 13.7. The largest absolute Gasteiger partial charge is 0.501 e. The number of fused-ring (bicyclic) bond motifs is 1. The minimum absolute atomic E-state index is 0.321. The maximum atomic E-state index is 11.6. The third-order valence-corrected chi connectivity index (χ3v) is 6.57. The van der Waals surface area contributed by atoms with Gasteiger partial charge in [-0.15, -0.1) is 0 Å². The third-order valence-electron chi connectivity index (χ3n) is 3.52. The molecule has 1 heterocycles. The number of aryl methyl sites for hydroxylation is 1. The van der Waals surface area contributed by atoms with Crippen molar-refractivity contribution in [3.05, 3.63) is 34.9 Å². The number of hydrogen-bond acceptors (Lipinski definition) is 6. The summed E-state index contributed by atoms with van der Waals surface area (Å²) in [6.45, 7) is 7.32. The molecule has 6 nitrogen and oxygen atoms in total. The Morgan fingerprint density at radius 3 is 2.04 bits per heavy atom. The van der Waals surface area contributed by atoms with E-state index in [4.69, 9.17) is 13.3 Å². The Labute approximate surface area is 137 Å². The highest BCUT2D eigenvalue weighted by Gasteiger charge is 2.40. The van der Waals surface area contributed by atoms with Gasteiger partial charge in [0.2, 0.25) is 0 Å². The minimum Gasteiger partial charge on any atom is -0.386 e. The number of cyclic esters (lactones) is 2. The molecule has 0 radical (unpaired) electrons. The van der Waals surface area contributed by atoms with Crippen LogP contribution >= 0.6 is 0 Å². The van der Waals surface area contributed by atoms with Crippen LogP contribution in [0.15, 0.2) is 18.2 Å². The van der Waals surface area contributed by atoms with Gasteiger partial charge in [0, 0.05) is 25.9 Å². The highest BCUT2D eigenvalue weighted by molar-refractivity contribution is 6.60. The van der Waals surface area contributed by atoms with Crippen molar-refractivity contribution in [3.63, 3.8) is 0 Å². The van der Waals surface area contributed by atoms with Crippen molar-refractivity contribution in [2.75, 3.05) is 19.8 Å². The number of carbonyl (C=O) groups is 2. The predicted octanol–water partition coefficient (Wildman–Crippen LogP) is 2.59. The van der Waals surface area contributed by atoms with E-state index in [-0.39, 0.29) is 0 Å². The number of esters is 2. The van der Waals surface area contributed by atoms with Crippen molar-refractivity contribution in [1.82, 2.24) is 0 Å². The van der Waals surface area contributed by atoms with E-state index in [2.05, 4.69) is 4.74 Å².